The molecule has 0 aromatic carbocycles. The Balaban J connectivity index is 3.02. The largest absolute Gasteiger partial charge is 0.152 e. The summed E-state index contributed by atoms with van der Waals surface area (Å²) >= 11 is 8.19. The molecule has 100 valence electrons. The second kappa shape index (κ2) is 14.3. The molecule has 0 N–H and O–H groups in total. The Hall–Kier alpha value is 0.260. The molecule has 0 aliphatic carbocycles. The molecular formula is C15H28S2. The van der Waals surface area contributed by atoms with E-state index in [4.69, 9.17) is 0 Å². The van der Waals surface area contributed by atoms with E-state index in [1.165, 1.54) is 64.2 Å². The fourth-order valence-corrected chi connectivity index (χ4v) is 2.05. The zero-order valence-electron chi connectivity index (χ0n) is 11.2. The third-order valence-electron chi connectivity index (χ3n) is 2.89. The van der Waals surface area contributed by atoms with E-state index in [1.807, 2.05) is 0 Å². The highest BCUT2D eigenvalue weighted by Crippen LogP contribution is 2.11. The Kier molecular flexibility index (Phi) is 14.5. The molecular weight excluding hydrogens is 244 g/mol. The molecule has 0 aromatic heterocycles. The van der Waals surface area contributed by atoms with Crippen LogP contribution in [0.1, 0.15) is 77.6 Å². The quantitative estimate of drug-likeness (QED) is 0.223. The molecule has 0 bridgehead atoms. The highest BCUT2D eigenvalue weighted by atomic mass is 32.2. The zero-order chi connectivity index (χ0) is 12.8. The smallest absolute Gasteiger partial charge is 0.105 e. The van der Waals surface area contributed by atoms with Gasteiger partial charge in [0, 0.05) is 6.42 Å². The Labute approximate surface area is 119 Å². The highest BCUT2D eigenvalue weighted by molar-refractivity contribution is 7.99. The van der Waals surface area contributed by atoms with Gasteiger partial charge in [0.05, 0.1) is 0 Å². The zero-order valence-corrected chi connectivity index (χ0v) is 13.0. The Morgan fingerprint density at radius 3 is 1.71 bits per heavy atom. The third-order valence-corrected chi connectivity index (χ3v) is 3.14. The maximum atomic E-state index is 4.09. The summed E-state index contributed by atoms with van der Waals surface area (Å²) in [4.78, 5) is 0. The molecule has 17 heavy (non-hydrogen) atoms. The van der Waals surface area contributed by atoms with Gasteiger partial charge in [0.15, 0.2) is 0 Å². The first-order chi connectivity index (χ1) is 8.27. The molecule has 0 aliphatic heterocycles. The monoisotopic (exact) mass is 272 g/mol. The highest BCUT2D eigenvalue weighted by Gasteiger charge is 1.91. The van der Waals surface area contributed by atoms with Crippen molar-refractivity contribution in [3.05, 3.63) is 0 Å². The Bertz CT molecular complexity index is 201. The Morgan fingerprint density at radius 1 is 0.765 bits per heavy atom. The van der Waals surface area contributed by atoms with Crippen molar-refractivity contribution in [3.8, 4) is 11.8 Å². The summed E-state index contributed by atoms with van der Waals surface area (Å²) in [7, 11) is 0. The SMILES string of the molecule is CCCCCCCCCCCCC#CC(S)S. The van der Waals surface area contributed by atoms with Gasteiger partial charge in [-0.3, -0.25) is 0 Å². The van der Waals surface area contributed by atoms with Crippen molar-refractivity contribution in [3.63, 3.8) is 0 Å². The van der Waals surface area contributed by atoms with Crippen molar-refractivity contribution in [1.82, 2.24) is 0 Å². The lowest BCUT2D eigenvalue weighted by atomic mass is 10.1. The normalized spacial score (nSPS) is 10.4. The summed E-state index contributed by atoms with van der Waals surface area (Å²) in [6.45, 7) is 2.27. The first-order valence-corrected chi connectivity index (χ1v) is 8.15. The van der Waals surface area contributed by atoms with Crippen molar-refractivity contribution in [2.75, 3.05) is 0 Å². The number of rotatable bonds is 10. The summed E-state index contributed by atoms with van der Waals surface area (Å²) in [6, 6.07) is 0. The van der Waals surface area contributed by atoms with Gasteiger partial charge in [-0.2, -0.15) is 25.3 Å². The van der Waals surface area contributed by atoms with Crippen molar-refractivity contribution in [1.29, 1.82) is 0 Å². The van der Waals surface area contributed by atoms with Gasteiger partial charge >= 0.3 is 0 Å². The molecule has 0 spiro atoms. The van der Waals surface area contributed by atoms with Crippen LogP contribution in [-0.4, -0.2) is 4.58 Å². The number of thiol groups is 2. The molecule has 0 saturated carbocycles. The lowest BCUT2D eigenvalue weighted by Gasteiger charge is -2.00. The first kappa shape index (κ1) is 17.3. The maximum absolute atomic E-state index is 4.09. The van der Waals surface area contributed by atoms with E-state index in [9.17, 15) is 0 Å². The van der Waals surface area contributed by atoms with Crippen molar-refractivity contribution >= 4 is 25.3 Å². The van der Waals surface area contributed by atoms with E-state index in [1.54, 1.807) is 0 Å². The molecule has 0 saturated heterocycles. The second-order valence-corrected chi connectivity index (χ2v) is 6.07. The molecule has 0 atom stereocenters. The third kappa shape index (κ3) is 16.3. The van der Waals surface area contributed by atoms with Crippen LogP contribution >= 0.6 is 25.3 Å². The number of hydrogen-bond donors (Lipinski definition) is 2. The summed E-state index contributed by atoms with van der Waals surface area (Å²) in [5.74, 6) is 6.06. The van der Waals surface area contributed by atoms with Gasteiger partial charge < -0.3 is 0 Å². The summed E-state index contributed by atoms with van der Waals surface area (Å²) < 4.78 is -0.0712. The van der Waals surface area contributed by atoms with Crippen LogP contribution in [0, 0.1) is 11.8 Å². The molecule has 0 unspecified atom stereocenters. The van der Waals surface area contributed by atoms with Crippen LogP contribution in [0.25, 0.3) is 0 Å². The molecule has 0 fully saturated rings. The number of hydrogen-bond acceptors (Lipinski definition) is 2. The topological polar surface area (TPSA) is 0 Å². The average molecular weight is 273 g/mol. The summed E-state index contributed by atoms with van der Waals surface area (Å²) in [5.41, 5.74) is 0. The summed E-state index contributed by atoms with van der Waals surface area (Å²) in [5, 5.41) is 0. The molecule has 0 nitrogen and oxygen atoms in total. The molecule has 2 heteroatoms. The van der Waals surface area contributed by atoms with Gasteiger partial charge in [-0.15, -0.1) is 5.92 Å². The first-order valence-electron chi connectivity index (χ1n) is 7.12. The van der Waals surface area contributed by atoms with E-state index in [2.05, 4.69) is 44.0 Å². The van der Waals surface area contributed by atoms with E-state index < -0.39 is 0 Å². The van der Waals surface area contributed by atoms with E-state index >= 15 is 0 Å². The second-order valence-electron chi connectivity index (χ2n) is 4.63. The van der Waals surface area contributed by atoms with Crippen molar-refractivity contribution < 1.29 is 0 Å². The van der Waals surface area contributed by atoms with E-state index in [0.29, 0.717) is 0 Å². The fourth-order valence-electron chi connectivity index (χ4n) is 1.86. The molecule has 0 radical (unpaired) electrons. The van der Waals surface area contributed by atoms with Crippen LogP contribution in [0.15, 0.2) is 0 Å². The van der Waals surface area contributed by atoms with Gasteiger partial charge in [-0.05, 0) is 6.42 Å². The van der Waals surface area contributed by atoms with Gasteiger partial charge in [0.1, 0.15) is 4.58 Å². The van der Waals surface area contributed by atoms with Crippen LogP contribution in [0.2, 0.25) is 0 Å². The van der Waals surface area contributed by atoms with Crippen molar-refractivity contribution in [2.45, 2.75) is 82.1 Å². The van der Waals surface area contributed by atoms with Crippen molar-refractivity contribution in [2.24, 2.45) is 0 Å². The predicted octanol–water partition coefficient (Wildman–Crippen LogP) is 5.49. The van der Waals surface area contributed by atoms with Gasteiger partial charge in [0.25, 0.3) is 0 Å². The lowest BCUT2D eigenvalue weighted by Crippen LogP contribution is -1.82. The minimum Gasteiger partial charge on any atom is -0.152 e. The Morgan fingerprint density at radius 2 is 1.24 bits per heavy atom. The minimum absolute atomic E-state index is 0.0712. The van der Waals surface area contributed by atoms with Crippen LogP contribution < -0.4 is 0 Å². The standard InChI is InChI=1S/C15H28S2/c1-2-3-4-5-6-7-8-9-10-11-12-13-14-15(16)17/h15-17H,2-12H2,1H3. The molecule has 0 heterocycles. The fraction of sp³-hybridized carbons (Fsp3) is 0.867. The number of unbranched alkanes of at least 4 members (excludes halogenated alkanes) is 10. The predicted molar refractivity (Wildman–Crippen MR) is 86.0 cm³/mol. The van der Waals surface area contributed by atoms with Crippen LogP contribution in [-0.2, 0) is 0 Å². The lowest BCUT2D eigenvalue weighted by molar-refractivity contribution is 0.558. The van der Waals surface area contributed by atoms with Crippen LogP contribution in [0.5, 0.6) is 0 Å². The minimum atomic E-state index is -0.0712. The maximum Gasteiger partial charge on any atom is 0.105 e. The molecule has 0 aliphatic rings. The van der Waals surface area contributed by atoms with E-state index in [-0.39, 0.29) is 4.58 Å². The van der Waals surface area contributed by atoms with Crippen LogP contribution in [0.3, 0.4) is 0 Å². The van der Waals surface area contributed by atoms with Gasteiger partial charge in [-0.1, -0.05) is 70.6 Å². The molecule has 0 rings (SSSR count). The van der Waals surface area contributed by atoms with E-state index in [0.717, 1.165) is 6.42 Å². The summed E-state index contributed by atoms with van der Waals surface area (Å²) in [6.07, 6.45) is 14.8. The van der Waals surface area contributed by atoms with Crippen LogP contribution in [0.4, 0.5) is 0 Å². The molecule has 0 amide bonds. The van der Waals surface area contributed by atoms with Gasteiger partial charge in [0.2, 0.25) is 0 Å². The van der Waals surface area contributed by atoms with Gasteiger partial charge in [-0.25, -0.2) is 0 Å². The average Bonchev–Trinajstić information content (AvgIpc) is 2.30. The molecule has 0 aromatic rings.